The van der Waals surface area contributed by atoms with Gasteiger partial charge in [-0.3, -0.25) is 9.89 Å². The van der Waals surface area contributed by atoms with Gasteiger partial charge in [-0.15, -0.1) is 0 Å². The Morgan fingerprint density at radius 2 is 2.00 bits per heavy atom. The molecule has 124 valence electrons. The molecule has 2 N–H and O–H groups in total. The van der Waals surface area contributed by atoms with Crippen LogP contribution in [0.3, 0.4) is 0 Å². The number of benzene rings is 1. The number of aromatic nitrogens is 2. The quantitative estimate of drug-likeness (QED) is 0.816. The lowest BCUT2D eigenvalue weighted by atomic mass is 10.2. The molecule has 0 aliphatic heterocycles. The van der Waals surface area contributed by atoms with Gasteiger partial charge in [0.2, 0.25) is 0 Å². The summed E-state index contributed by atoms with van der Waals surface area (Å²) in [5.41, 5.74) is -1.61. The van der Waals surface area contributed by atoms with Crippen molar-refractivity contribution in [2.45, 2.75) is 12.8 Å². The number of carbonyl (C=O) groups excluding carboxylic acids is 1. The van der Waals surface area contributed by atoms with Crippen molar-refractivity contribution in [1.82, 2.24) is 10.2 Å². The molecule has 11 heteroatoms. The topological polar surface area (TPSA) is 67.0 Å². The highest BCUT2D eigenvalue weighted by Gasteiger charge is 2.33. The minimum Gasteiger partial charge on any atom is -0.433 e. The molecule has 2 rings (SSSR count). The van der Waals surface area contributed by atoms with Crippen LogP contribution in [0.1, 0.15) is 16.2 Å². The van der Waals surface area contributed by atoms with E-state index in [0.29, 0.717) is 6.07 Å². The fourth-order valence-electron chi connectivity index (χ4n) is 1.55. The number of hydrogen-bond acceptors (Lipinski definition) is 3. The molecule has 0 saturated heterocycles. The third kappa shape index (κ3) is 4.31. The molecule has 0 radical (unpaired) electrons. The number of aromatic amines is 1. The first-order chi connectivity index (χ1) is 10.7. The van der Waals surface area contributed by atoms with Crippen LogP contribution in [0.25, 0.3) is 0 Å². The standard InChI is InChI=1S/C12H7ClF5N3O2/c13-6-3-5(1-2-8(6)23-11(14)15)19-10(22)7-4-9(21-20-7)12(16,17)18/h1-4,11H,(H,19,22)(H,20,21). The SMILES string of the molecule is O=C(Nc1ccc(OC(F)F)c(Cl)c1)c1cc(C(F)(F)F)[nH]n1. The summed E-state index contributed by atoms with van der Waals surface area (Å²) in [6, 6.07) is 3.91. The summed E-state index contributed by atoms with van der Waals surface area (Å²) in [4.78, 5) is 11.8. The number of nitrogens with zero attached hydrogens (tertiary/aromatic N) is 1. The summed E-state index contributed by atoms with van der Waals surface area (Å²) in [7, 11) is 0. The highest BCUT2D eigenvalue weighted by atomic mass is 35.5. The van der Waals surface area contributed by atoms with Crippen molar-refractivity contribution in [3.05, 3.63) is 40.7 Å². The average molecular weight is 356 g/mol. The normalized spacial score (nSPS) is 11.6. The summed E-state index contributed by atoms with van der Waals surface area (Å²) >= 11 is 5.69. The molecule has 1 heterocycles. The molecule has 1 aromatic heterocycles. The van der Waals surface area contributed by atoms with Crippen LogP contribution < -0.4 is 10.1 Å². The lowest BCUT2D eigenvalue weighted by Crippen LogP contribution is -2.12. The number of carbonyl (C=O) groups is 1. The molecule has 1 aromatic carbocycles. The maximum Gasteiger partial charge on any atom is 0.432 e. The van der Waals surface area contributed by atoms with Crippen molar-refractivity contribution < 1.29 is 31.5 Å². The maximum atomic E-state index is 12.4. The molecule has 5 nitrogen and oxygen atoms in total. The first-order valence-corrected chi connectivity index (χ1v) is 6.23. The van der Waals surface area contributed by atoms with E-state index < -0.39 is 30.1 Å². The summed E-state index contributed by atoms with van der Waals surface area (Å²) in [6.45, 7) is -3.07. The van der Waals surface area contributed by atoms with Crippen molar-refractivity contribution in [2.75, 3.05) is 5.32 Å². The largest absolute Gasteiger partial charge is 0.433 e. The highest BCUT2D eigenvalue weighted by molar-refractivity contribution is 6.32. The fraction of sp³-hybridized carbons (Fsp3) is 0.167. The molecule has 0 aliphatic carbocycles. The van der Waals surface area contributed by atoms with Gasteiger partial charge < -0.3 is 10.1 Å². The van der Waals surface area contributed by atoms with Crippen molar-refractivity contribution in [2.24, 2.45) is 0 Å². The zero-order valence-corrected chi connectivity index (χ0v) is 11.7. The Hall–Kier alpha value is -2.36. The second-order valence-corrected chi connectivity index (χ2v) is 4.55. The van der Waals surface area contributed by atoms with Crippen LogP contribution in [0, 0.1) is 0 Å². The minimum absolute atomic E-state index is 0.0678. The van der Waals surface area contributed by atoms with Crippen molar-refractivity contribution in [3.8, 4) is 5.75 Å². The number of hydrogen-bond donors (Lipinski definition) is 2. The molecule has 0 fully saturated rings. The molecule has 0 aliphatic rings. The van der Waals surface area contributed by atoms with Gasteiger partial charge in [-0.25, -0.2) is 0 Å². The van der Waals surface area contributed by atoms with Gasteiger partial charge in [-0.05, 0) is 18.2 Å². The zero-order valence-electron chi connectivity index (χ0n) is 10.9. The Bertz CT molecular complexity index is 717. The van der Waals surface area contributed by atoms with Crippen molar-refractivity contribution >= 4 is 23.2 Å². The third-order valence-electron chi connectivity index (χ3n) is 2.52. The van der Waals surface area contributed by atoms with Crippen molar-refractivity contribution in [3.63, 3.8) is 0 Å². The van der Waals surface area contributed by atoms with E-state index in [0.717, 1.165) is 12.1 Å². The van der Waals surface area contributed by atoms with Gasteiger partial charge in [0.1, 0.15) is 11.4 Å². The lowest BCUT2D eigenvalue weighted by Gasteiger charge is -2.08. The number of alkyl halides is 5. The van der Waals surface area contributed by atoms with Crippen LogP contribution in [-0.2, 0) is 6.18 Å². The van der Waals surface area contributed by atoms with Gasteiger partial charge in [0.05, 0.1) is 5.02 Å². The van der Waals surface area contributed by atoms with Gasteiger partial charge in [-0.2, -0.15) is 27.1 Å². The number of amides is 1. The first kappa shape index (κ1) is 17.0. The van der Waals surface area contributed by atoms with E-state index in [1.165, 1.54) is 6.07 Å². The number of halogens is 6. The van der Waals surface area contributed by atoms with E-state index in [4.69, 9.17) is 11.6 Å². The molecule has 23 heavy (non-hydrogen) atoms. The molecule has 0 atom stereocenters. The van der Waals surface area contributed by atoms with Crippen molar-refractivity contribution in [1.29, 1.82) is 0 Å². The maximum absolute atomic E-state index is 12.4. The Labute approximate surface area is 130 Å². The fourth-order valence-corrected chi connectivity index (χ4v) is 1.77. The van der Waals surface area contributed by atoms with E-state index in [9.17, 15) is 26.7 Å². The molecule has 2 aromatic rings. The Morgan fingerprint density at radius 1 is 1.30 bits per heavy atom. The van der Waals surface area contributed by atoms with Crippen LogP contribution in [0.2, 0.25) is 5.02 Å². The van der Waals surface area contributed by atoms with Crippen LogP contribution in [0.4, 0.5) is 27.6 Å². The second kappa shape index (κ2) is 6.41. The molecule has 0 spiro atoms. The summed E-state index contributed by atoms with van der Waals surface area (Å²) in [6.07, 6.45) is -4.66. The number of ether oxygens (including phenoxy) is 1. The monoisotopic (exact) mass is 355 g/mol. The number of H-pyrrole nitrogens is 1. The number of nitrogens with one attached hydrogen (secondary N) is 2. The Kier molecular flexibility index (Phi) is 4.73. The smallest absolute Gasteiger partial charge is 0.432 e. The molecular formula is C12H7ClF5N3O2. The summed E-state index contributed by atoms with van der Waals surface area (Å²) in [5.74, 6) is -1.24. The predicted molar refractivity (Wildman–Crippen MR) is 69.6 cm³/mol. The molecule has 1 amide bonds. The van der Waals surface area contributed by atoms with Gasteiger partial charge in [-0.1, -0.05) is 11.6 Å². The zero-order chi connectivity index (χ0) is 17.2. The second-order valence-electron chi connectivity index (χ2n) is 4.14. The number of anilines is 1. The van der Waals surface area contributed by atoms with Gasteiger partial charge in [0, 0.05) is 11.8 Å². The Morgan fingerprint density at radius 3 is 2.52 bits per heavy atom. The molecular weight excluding hydrogens is 349 g/mol. The highest BCUT2D eigenvalue weighted by Crippen LogP contribution is 2.30. The number of rotatable bonds is 4. The lowest BCUT2D eigenvalue weighted by molar-refractivity contribution is -0.141. The third-order valence-corrected chi connectivity index (χ3v) is 2.82. The minimum atomic E-state index is -4.66. The van der Waals surface area contributed by atoms with E-state index in [1.807, 2.05) is 0 Å². The first-order valence-electron chi connectivity index (χ1n) is 5.85. The molecule has 0 saturated carbocycles. The van der Waals surface area contributed by atoms with Gasteiger partial charge in [0.25, 0.3) is 5.91 Å². The van der Waals surface area contributed by atoms with E-state index in [-0.39, 0.29) is 16.5 Å². The Balaban J connectivity index is 2.11. The molecule has 0 unspecified atom stereocenters. The average Bonchev–Trinajstić information content (AvgIpc) is 2.91. The molecule has 0 bridgehead atoms. The van der Waals surface area contributed by atoms with E-state index in [2.05, 4.69) is 15.2 Å². The van der Waals surface area contributed by atoms with Gasteiger partial charge in [0.15, 0.2) is 5.69 Å². The van der Waals surface area contributed by atoms with Crippen LogP contribution in [-0.4, -0.2) is 22.7 Å². The summed E-state index contributed by atoms with van der Waals surface area (Å²) < 4.78 is 65.5. The van der Waals surface area contributed by atoms with Gasteiger partial charge >= 0.3 is 12.8 Å². The van der Waals surface area contributed by atoms with E-state index in [1.54, 1.807) is 5.10 Å². The van der Waals surface area contributed by atoms with E-state index >= 15 is 0 Å². The van der Waals surface area contributed by atoms with Crippen LogP contribution in [0.15, 0.2) is 24.3 Å². The predicted octanol–water partition coefficient (Wildman–Crippen LogP) is 3.94. The van der Waals surface area contributed by atoms with Crippen LogP contribution in [0.5, 0.6) is 5.75 Å². The van der Waals surface area contributed by atoms with Crippen LogP contribution >= 0.6 is 11.6 Å². The summed E-state index contributed by atoms with van der Waals surface area (Å²) in [5, 5.41) is 6.95.